The molecule has 0 unspecified atom stereocenters. The molecule has 19 heavy (non-hydrogen) atoms. The van der Waals surface area contributed by atoms with Crippen LogP contribution in [0.3, 0.4) is 0 Å². The highest BCUT2D eigenvalue weighted by molar-refractivity contribution is 7.99. The number of nitrogens with one attached hydrogen (secondary N) is 2. The van der Waals surface area contributed by atoms with Crippen molar-refractivity contribution in [1.82, 2.24) is 10.6 Å². The van der Waals surface area contributed by atoms with E-state index in [0.29, 0.717) is 0 Å². The number of rotatable bonds is 8. The number of carboxylic acid groups (broad SMARTS) is 2. The molecule has 0 heterocycles. The van der Waals surface area contributed by atoms with Gasteiger partial charge in [0.2, 0.25) is 11.8 Å². The maximum Gasteiger partial charge on any atom is 0.327 e. The summed E-state index contributed by atoms with van der Waals surface area (Å²) in [5, 5.41) is 22.1. The minimum absolute atomic E-state index is 0.0122. The Morgan fingerprint density at radius 3 is 1.42 bits per heavy atom. The summed E-state index contributed by atoms with van der Waals surface area (Å²) in [6, 6.07) is -2.18. The molecule has 0 aromatic carbocycles. The quantitative estimate of drug-likeness (QED) is 0.446. The fraction of sp³-hybridized carbons (Fsp3) is 0.600. The average molecular weight is 292 g/mol. The average Bonchev–Trinajstić information content (AvgIpc) is 2.24. The van der Waals surface area contributed by atoms with Gasteiger partial charge in [-0.3, -0.25) is 9.59 Å². The maximum atomic E-state index is 10.8. The van der Waals surface area contributed by atoms with Gasteiger partial charge < -0.3 is 20.8 Å². The lowest BCUT2D eigenvalue weighted by atomic mass is 10.3. The van der Waals surface area contributed by atoms with Gasteiger partial charge in [-0.25, -0.2) is 9.59 Å². The third-order valence-corrected chi connectivity index (χ3v) is 3.06. The maximum absolute atomic E-state index is 10.8. The molecule has 0 rings (SSSR count). The van der Waals surface area contributed by atoms with Gasteiger partial charge in [-0.15, -0.1) is 0 Å². The highest BCUT2D eigenvalue weighted by Crippen LogP contribution is 2.06. The minimum Gasteiger partial charge on any atom is -0.480 e. The van der Waals surface area contributed by atoms with Gasteiger partial charge in [0.1, 0.15) is 12.1 Å². The van der Waals surface area contributed by atoms with E-state index in [9.17, 15) is 19.2 Å². The third kappa shape index (κ3) is 8.03. The van der Waals surface area contributed by atoms with E-state index >= 15 is 0 Å². The number of amides is 2. The molecule has 0 aliphatic heterocycles. The molecule has 0 aliphatic carbocycles. The Balaban J connectivity index is 4.28. The summed E-state index contributed by atoms with van der Waals surface area (Å²) in [6.07, 6.45) is 0. The lowest BCUT2D eigenvalue weighted by Crippen LogP contribution is -2.44. The monoisotopic (exact) mass is 292 g/mol. The van der Waals surface area contributed by atoms with Crippen LogP contribution in [-0.4, -0.2) is 57.6 Å². The predicted molar refractivity (Wildman–Crippen MR) is 67.8 cm³/mol. The summed E-state index contributed by atoms with van der Waals surface area (Å²) < 4.78 is 0. The zero-order valence-electron chi connectivity index (χ0n) is 10.5. The molecular formula is C10H16N2O6S. The second kappa shape index (κ2) is 8.35. The Kier molecular flexibility index (Phi) is 7.57. The van der Waals surface area contributed by atoms with Crippen molar-refractivity contribution >= 4 is 35.5 Å². The number of hydrogen-bond acceptors (Lipinski definition) is 5. The molecule has 0 radical (unpaired) electrons. The molecule has 0 saturated heterocycles. The van der Waals surface area contributed by atoms with Crippen LogP contribution in [-0.2, 0) is 19.2 Å². The van der Waals surface area contributed by atoms with Crippen molar-refractivity contribution in [3.8, 4) is 0 Å². The summed E-state index contributed by atoms with van der Waals surface area (Å²) >= 11 is 1.02. The minimum atomic E-state index is -1.20. The summed E-state index contributed by atoms with van der Waals surface area (Å²) in [6.45, 7) is 2.38. The predicted octanol–water partition coefficient (Wildman–Crippen LogP) is -1.10. The van der Waals surface area contributed by atoms with Crippen LogP contribution in [0.2, 0.25) is 0 Å². The molecule has 0 fully saturated rings. The van der Waals surface area contributed by atoms with Gasteiger partial charge in [0.05, 0.1) is 0 Å². The van der Waals surface area contributed by atoms with Crippen molar-refractivity contribution in [2.75, 3.05) is 11.5 Å². The van der Waals surface area contributed by atoms with E-state index in [1.807, 2.05) is 0 Å². The van der Waals surface area contributed by atoms with Crippen LogP contribution < -0.4 is 10.6 Å². The van der Waals surface area contributed by atoms with E-state index in [1.54, 1.807) is 0 Å². The number of carboxylic acids is 2. The third-order valence-electron chi connectivity index (χ3n) is 1.92. The van der Waals surface area contributed by atoms with E-state index in [2.05, 4.69) is 10.6 Å². The molecular weight excluding hydrogens is 276 g/mol. The Bertz CT molecular complexity index is 339. The van der Waals surface area contributed by atoms with Gasteiger partial charge in [-0.05, 0) is 0 Å². The Morgan fingerprint density at radius 2 is 1.21 bits per heavy atom. The molecule has 2 atom stereocenters. The van der Waals surface area contributed by atoms with E-state index < -0.39 is 35.8 Å². The number of thioether (sulfide) groups is 1. The molecule has 0 spiro atoms. The van der Waals surface area contributed by atoms with Crippen LogP contribution in [0, 0.1) is 0 Å². The van der Waals surface area contributed by atoms with E-state index in [1.165, 1.54) is 13.8 Å². The number of carbonyl (C=O) groups excluding carboxylic acids is 2. The number of hydrogen-bond donors (Lipinski definition) is 4. The van der Waals surface area contributed by atoms with Crippen molar-refractivity contribution in [2.24, 2.45) is 0 Å². The first-order valence-corrected chi connectivity index (χ1v) is 6.47. The summed E-state index contributed by atoms with van der Waals surface area (Å²) in [5.74, 6) is -3.34. The zero-order valence-corrected chi connectivity index (χ0v) is 11.3. The highest BCUT2D eigenvalue weighted by Gasteiger charge is 2.22. The van der Waals surface area contributed by atoms with Gasteiger partial charge in [-0.2, -0.15) is 11.8 Å². The normalized spacial score (nSPS) is 13.2. The smallest absolute Gasteiger partial charge is 0.327 e. The molecule has 0 aliphatic rings. The summed E-state index contributed by atoms with van der Waals surface area (Å²) in [5.41, 5.74) is 0. The molecule has 2 amide bonds. The van der Waals surface area contributed by atoms with E-state index in [4.69, 9.17) is 10.2 Å². The second-order valence-electron chi connectivity index (χ2n) is 3.72. The molecule has 0 aromatic rings. The van der Waals surface area contributed by atoms with Crippen LogP contribution >= 0.6 is 11.8 Å². The Hall–Kier alpha value is -1.77. The van der Waals surface area contributed by atoms with Crippen molar-refractivity contribution in [3.63, 3.8) is 0 Å². The van der Waals surface area contributed by atoms with Gasteiger partial charge >= 0.3 is 11.9 Å². The largest absolute Gasteiger partial charge is 0.480 e. The summed E-state index contributed by atoms with van der Waals surface area (Å²) in [7, 11) is 0. The number of aliphatic carboxylic acids is 2. The molecule has 4 N–H and O–H groups in total. The molecule has 8 nitrogen and oxygen atoms in total. The number of carbonyl (C=O) groups is 4. The molecule has 0 saturated carbocycles. The lowest BCUT2D eigenvalue weighted by molar-refractivity contribution is -0.141. The van der Waals surface area contributed by atoms with Gasteiger partial charge in [0.15, 0.2) is 0 Å². The van der Waals surface area contributed by atoms with Crippen molar-refractivity contribution < 1.29 is 29.4 Å². The standard InChI is InChI=1S/C10H16N2O6S/c1-5(13)11-7(9(15)16)3-19-4-8(10(17)18)12-6(2)14/h7-8H,3-4H2,1-2H3,(H,11,13)(H,12,14)(H,15,16)(H,17,18)/t7-,8-/m1/s1. The zero-order chi connectivity index (χ0) is 15.0. The van der Waals surface area contributed by atoms with Gasteiger partial charge in [0.25, 0.3) is 0 Å². The molecule has 0 aromatic heterocycles. The highest BCUT2D eigenvalue weighted by atomic mass is 32.2. The summed E-state index contributed by atoms with van der Waals surface area (Å²) in [4.78, 5) is 43.2. The molecule has 0 bridgehead atoms. The van der Waals surface area contributed by atoms with Crippen LogP contribution in [0.1, 0.15) is 13.8 Å². The van der Waals surface area contributed by atoms with Crippen molar-refractivity contribution in [3.05, 3.63) is 0 Å². The first kappa shape index (κ1) is 17.2. The van der Waals surface area contributed by atoms with Gasteiger partial charge in [-0.1, -0.05) is 0 Å². The van der Waals surface area contributed by atoms with Gasteiger partial charge in [0, 0.05) is 25.4 Å². The Morgan fingerprint density at radius 1 is 0.895 bits per heavy atom. The second-order valence-corrected chi connectivity index (χ2v) is 4.80. The van der Waals surface area contributed by atoms with Crippen LogP contribution in [0.25, 0.3) is 0 Å². The van der Waals surface area contributed by atoms with Crippen LogP contribution in [0.5, 0.6) is 0 Å². The fourth-order valence-electron chi connectivity index (χ4n) is 1.14. The molecule has 108 valence electrons. The first-order chi connectivity index (χ1) is 8.73. The van der Waals surface area contributed by atoms with Crippen molar-refractivity contribution in [1.29, 1.82) is 0 Å². The first-order valence-electron chi connectivity index (χ1n) is 5.31. The fourth-order valence-corrected chi connectivity index (χ4v) is 2.20. The van der Waals surface area contributed by atoms with Crippen LogP contribution in [0.15, 0.2) is 0 Å². The molecule has 9 heteroatoms. The van der Waals surface area contributed by atoms with Crippen LogP contribution in [0.4, 0.5) is 0 Å². The SMILES string of the molecule is CC(=O)N[C@H](CSC[C@@H](NC(C)=O)C(=O)O)C(=O)O. The topological polar surface area (TPSA) is 133 Å². The Labute approximate surface area is 113 Å². The van der Waals surface area contributed by atoms with Crippen molar-refractivity contribution in [2.45, 2.75) is 25.9 Å². The van der Waals surface area contributed by atoms with E-state index in [-0.39, 0.29) is 11.5 Å². The van der Waals surface area contributed by atoms with E-state index in [0.717, 1.165) is 11.8 Å². The lowest BCUT2D eigenvalue weighted by Gasteiger charge is -2.15.